The smallest absolute Gasteiger partial charge is 0.165 e. The molecule has 0 saturated carbocycles. The Hall–Kier alpha value is -1.09. The summed E-state index contributed by atoms with van der Waals surface area (Å²) >= 11 is 0. The average molecular weight is 226 g/mol. The zero-order chi connectivity index (χ0) is 11.8. The van der Waals surface area contributed by atoms with Crippen molar-refractivity contribution in [3.05, 3.63) is 30.1 Å². The van der Waals surface area contributed by atoms with Crippen LogP contribution in [0.25, 0.3) is 0 Å². The standard InChI is InChI=1S/C13H19FO2/c1-11(2)7-8-15-9-10-16-13-6-4-3-5-12(13)14/h3-6,11H,7-10H2,1-2H3. The zero-order valence-corrected chi connectivity index (χ0v) is 9.91. The van der Waals surface area contributed by atoms with Gasteiger partial charge in [0.05, 0.1) is 6.61 Å². The van der Waals surface area contributed by atoms with E-state index in [1.165, 1.54) is 6.07 Å². The van der Waals surface area contributed by atoms with Crippen molar-refractivity contribution in [1.82, 2.24) is 0 Å². The van der Waals surface area contributed by atoms with E-state index in [9.17, 15) is 4.39 Å². The molecule has 0 bridgehead atoms. The van der Waals surface area contributed by atoms with Crippen LogP contribution in [0.5, 0.6) is 5.75 Å². The van der Waals surface area contributed by atoms with Crippen molar-refractivity contribution in [1.29, 1.82) is 0 Å². The maximum atomic E-state index is 13.1. The summed E-state index contributed by atoms with van der Waals surface area (Å²) in [4.78, 5) is 0. The fraction of sp³-hybridized carbons (Fsp3) is 0.538. The molecule has 0 radical (unpaired) electrons. The molecule has 0 atom stereocenters. The Morgan fingerprint density at radius 3 is 2.56 bits per heavy atom. The summed E-state index contributed by atoms with van der Waals surface area (Å²) in [5.74, 6) is 0.604. The van der Waals surface area contributed by atoms with Gasteiger partial charge in [-0.05, 0) is 24.5 Å². The van der Waals surface area contributed by atoms with Crippen molar-refractivity contribution in [2.45, 2.75) is 20.3 Å². The lowest BCUT2D eigenvalue weighted by molar-refractivity contribution is 0.0913. The van der Waals surface area contributed by atoms with Crippen LogP contribution < -0.4 is 4.74 Å². The van der Waals surface area contributed by atoms with Crippen LogP contribution in [0.15, 0.2) is 24.3 Å². The van der Waals surface area contributed by atoms with Crippen molar-refractivity contribution in [3.63, 3.8) is 0 Å². The maximum Gasteiger partial charge on any atom is 0.165 e. The van der Waals surface area contributed by atoms with Gasteiger partial charge in [0.15, 0.2) is 11.6 Å². The summed E-state index contributed by atoms with van der Waals surface area (Å²) < 4.78 is 23.7. The van der Waals surface area contributed by atoms with Crippen LogP contribution in [0, 0.1) is 11.7 Å². The van der Waals surface area contributed by atoms with E-state index < -0.39 is 0 Å². The molecular formula is C13H19FO2. The summed E-state index contributed by atoms with van der Waals surface area (Å²) in [5.41, 5.74) is 0. The Balaban J connectivity index is 2.10. The Bertz CT molecular complexity index is 300. The first-order valence-electron chi connectivity index (χ1n) is 5.65. The SMILES string of the molecule is CC(C)CCOCCOc1ccccc1F. The van der Waals surface area contributed by atoms with Gasteiger partial charge in [-0.1, -0.05) is 26.0 Å². The predicted molar refractivity (Wildman–Crippen MR) is 62.2 cm³/mol. The molecule has 0 fully saturated rings. The third-order valence-electron chi connectivity index (χ3n) is 2.16. The molecule has 0 unspecified atom stereocenters. The Kier molecular flexibility index (Phi) is 5.86. The lowest BCUT2D eigenvalue weighted by atomic mass is 10.1. The second-order valence-corrected chi connectivity index (χ2v) is 4.07. The Morgan fingerprint density at radius 1 is 1.12 bits per heavy atom. The number of benzene rings is 1. The van der Waals surface area contributed by atoms with Crippen LogP contribution in [-0.2, 0) is 4.74 Å². The van der Waals surface area contributed by atoms with Gasteiger partial charge in [-0.15, -0.1) is 0 Å². The second-order valence-electron chi connectivity index (χ2n) is 4.07. The van der Waals surface area contributed by atoms with E-state index in [1.54, 1.807) is 18.2 Å². The van der Waals surface area contributed by atoms with E-state index in [4.69, 9.17) is 9.47 Å². The first kappa shape index (κ1) is 13.0. The number of para-hydroxylation sites is 1. The first-order chi connectivity index (χ1) is 7.70. The van der Waals surface area contributed by atoms with E-state index in [0.717, 1.165) is 13.0 Å². The van der Waals surface area contributed by atoms with Crippen molar-refractivity contribution < 1.29 is 13.9 Å². The molecule has 0 heterocycles. The van der Waals surface area contributed by atoms with Gasteiger partial charge < -0.3 is 9.47 Å². The van der Waals surface area contributed by atoms with Gasteiger partial charge in [0.1, 0.15) is 6.61 Å². The molecule has 1 aromatic carbocycles. The summed E-state index contributed by atoms with van der Waals surface area (Å²) in [6.45, 7) is 5.93. The number of halogens is 1. The van der Waals surface area contributed by atoms with E-state index in [2.05, 4.69) is 13.8 Å². The third kappa shape index (κ3) is 5.12. The molecule has 0 aliphatic carbocycles. The summed E-state index contributed by atoms with van der Waals surface area (Å²) in [7, 11) is 0. The number of ether oxygens (including phenoxy) is 2. The lowest BCUT2D eigenvalue weighted by Gasteiger charge is -2.08. The highest BCUT2D eigenvalue weighted by atomic mass is 19.1. The van der Waals surface area contributed by atoms with Crippen LogP contribution in [0.4, 0.5) is 4.39 Å². The van der Waals surface area contributed by atoms with Crippen LogP contribution in [0.1, 0.15) is 20.3 Å². The Morgan fingerprint density at radius 2 is 1.88 bits per heavy atom. The molecule has 0 aliphatic heterocycles. The second kappa shape index (κ2) is 7.23. The predicted octanol–water partition coefficient (Wildman–Crippen LogP) is 3.27. The molecular weight excluding hydrogens is 207 g/mol. The largest absolute Gasteiger partial charge is 0.488 e. The third-order valence-corrected chi connectivity index (χ3v) is 2.16. The van der Waals surface area contributed by atoms with Gasteiger partial charge >= 0.3 is 0 Å². The van der Waals surface area contributed by atoms with Gasteiger partial charge in [-0.25, -0.2) is 4.39 Å². The summed E-state index contributed by atoms with van der Waals surface area (Å²) in [5, 5.41) is 0. The molecule has 0 N–H and O–H groups in total. The minimum absolute atomic E-state index is 0.287. The van der Waals surface area contributed by atoms with Gasteiger partial charge in [0.2, 0.25) is 0 Å². The van der Waals surface area contributed by atoms with Gasteiger partial charge in [-0.3, -0.25) is 0 Å². The van der Waals surface area contributed by atoms with Crippen LogP contribution >= 0.6 is 0 Å². The zero-order valence-electron chi connectivity index (χ0n) is 9.91. The fourth-order valence-corrected chi connectivity index (χ4v) is 1.19. The normalized spacial score (nSPS) is 10.8. The first-order valence-corrected chi connectivity index (χ1v) is 5.65. The highest BCUT2D eigenvalue weighted by Gasteiger charge is 2.00. The fourth-order valence-electron chi connectivity index (χ4n) is 1.19. The molecule has 0 aliphatic rings. The monoisotopic (exact) mass is 226 g/mol. The quantitative estimate of drug-likeness (QED) is 0.664. The minimum atomic E-state index is -0.329. The maximum absolute atomic E-state index is 13.1. The molecule has 90 valence electrons. The molecule has 1 aromatic rings. The topological polar surface area (TPSA) is 18.5 Å². The Labute approximate surface area is 96.4 Å². The highest BCUT2D eigenvalue weighted by molar-refractivity contribution is 5.23. The molecule has 2 nitrogen and oxygen atoms in total. The van der Waals surface area contributed by atoms with E-state index in [-0.39, 0.29) is 11.6 Å². The molecule has 1 rings (SSSR count). The van der Waals surface area contributed by atoms with Gasteiger partial charge in [-0.2, -0.15) is 0 Å². The van der Waals surface area contributed by atoms with Crippen LogP contribution in [0.2, 0.25) is 0 Å². The summed E-state index contributed by atoms with van der Waals surface area (Å²) in [6, 6.07) is 6.39. The van der Waals surface area contributed by atoms with E-state index in [1.807, 2.05) is 0 Å². The van der Waals surface area contributed by atoms with Gasteiger partial charge in [0.25, 0.3) is 0 Å². The molecule has 3 heteroatoms. The molecule has 0 spiro atoms. The molecule has 16 heavy (non-hydrogen) atoms. The lowest BCUT2D eigenvalue weighted by Crippen LogP contribution is -2.09. The highest BCUT2D eigenvalue weighted by Crippen LogP contribution is 2.14. The van der Waals surface area contributed by atoms with Crippen molar-refractivity contribution >= 4 is 0 Å². The average Bonchev–Trinajstić information content (AvgIpc) is 2.25. The van der Waals surface area contributed by atoms with Crippen molar-refractivity contribution in [3.8, 4) is 5.75 Å². The van der Waals surface area contributed by atoms with Crippen LogP contribution in [0.3, 0.4) is 0 Å². The number of hydrogen-bond donors (Lipinski definition) is 0. The van der Waals surface area contributed by atoms with E-state index >= 15 is 0 Å². The number of hydrogen-bond acceptors (Lipinski definition) is 2. The molecule has 0 saturated heterocycles. The van der Waals surface area contributed by atoms with Gasteiger partial charge in [0, 0.05) is 6.61 Å². The van der Waals surface area contributed by atoms with Crippen LogP contribution in [-0.4, -0.2) is 19.8 Å². The van der Waals surface area contributed by atoms with Crippen molar-refractivity contribution in [2.24, 2.45) is 5.92 Å². The minimum Gasteiger partial charge on any atom is -0.488 e. The molecule has 0 aromatic heterocycles. The summed E-state index contributed by atoms with van der Waals surface area (Å²) in [6.07, 6.45) is 1.04. The van der Waals surface area contributed by atoms with E-state index in [0.29, 0.717) is 19.1 Å². The van der Waals surface area contributed by atoms with Crippen molar-refractivity contribution in [2.75, 3.05) is 19.8 Å². The molecule has 0 amide bonds. The number of rotatable bonds is 7.